The summed E-state index contributed by atoms with van der Waals surface area (Å²) in [6.45, 7) is 1.54. The summed E-state index contributed by atoms with van der Waals surface area (Å²) in [7, 11) is 0. The van der Waals surface area contributed by atoms with Crippen molar-refractivity contribution in [2.24, 2.45) is 4.99 Å². The number of aromatic nitrogens is 1. The van der Waals surface area contributed by atoms with Crippen LogP contribution in [0.3, 0.4) is 0 Å². The zero-order valence-corrected chi connectivity index (χ0v) is 16.0. The van der Waals surface area contributed by atoms with Gasteiger partial charge in [0, 0.05) is 11.6 Å². The summed E-state index contributed by atoms with van der Waals surface area (Å²) < 4.78 is 67.3. The number of carbonyl (C=O) groups excluding carboxylic acids is 1. The minimum atomic E-state index is -4.67. The maximum absolute atomic E-state index is 13.8. The Morgan fingerprint density at radius 2 is 1.83 bits per heavy atom. The molecule has 0 aliphatic carbocycles. The first-order valence-corrected chi connectivity index (χ1v) is 9.33. The highest BCUT2D eigenvalue weighted by molar-refractivity contribution is 7.16. The van der Waals surface area contributed by atoms with Crippen molar-refractivity contribution in [2.75, 3.05) is 0 Å². The van der Waals surface area contributed by atoms with Gasteiger partial charge in [-0.15, -0.1) is 0 Å². The molecule has 0 bridgehead atoms. The number of carbonyl (C=O) groups is 2. The minimum absolute atomic E-state index is 0.00347. The van der Waals surface area contributed by atoms with Crippen molar-refractivity contribution in [3.05, 3.63) is 64.0 Å². The highest BCUT2D eigenvalue weighted by Gasteiger charge is 2.31. The molecule has 1 amide bonds. The summed E-state index contributed by atoms with van der Waals surface area (Å²) in [4.78, 5) is 27.7. The normalized spacial score (nSPS) is 13.6. The lowest BCUT2D eigenvalue weighted by molar-refractivity contribution is -0.141. The lowest BCUT2D eigenvalue weighted by atomic mass is 10.1. The van der Waals surface area contributed by atoms with Crippen LogP contribution < -0.4 is 4.80 Å². The van der Waals surface area contributed by atoms with Crippen molar-refractivity contribution in [1.29, 1.82) is 0 Å². The molecule has 1 N–H and O–H groups in total. The van der Waals surface area contributed by atoms with Crippen molar-refractivity contribution >= 4 is 33.4 Å². The Labute approximate surface area is 169 Å². The average molecular weight is 444 g/mol. The molecule has 3 aromatic rings. The fourth-order valence-electron chi connectivity index (χ4n) is 2.86. The number of hydrogen-bond donors (Lipinski definition) is 1. The molecule has 1 aromatic heterocycles. The molecule has 0 aliphatic heterocycles. The van der Waals surface area contributed by atoms with E-state index in [0.717, 1.165) is 46.2 Å². The molecule has 1 atom stereocenters. The van der Waals surface area contributed by atoms with E-state index in [1.165, 1.54) is 6.92 Å². The molecule has 30 heavy (non-hydrogen) atoms. The van der Waals surface area contributed by atoms with Gasteiger partial charge in [-0.25, -0.2) is 13.6 Å². The molecule has 1 heterocycles. The average Bonchev–Trinajstić information content (AvgIpc) is 2.99. The highest BCUT2D eigenvalue weighted by Crippen LogP contribution is 2.30. The number of fused-ring (bicyclic) bond motifs is 1. The second-order valence-electron chi connectivity index (χ2n) is 6.25. The monoisotopic (exact) mass is 444 g/mol. The van der Waals surface area contributed by atoms with Crippen LogP contribution in [0.25, 0.3) is 10.2 Å². The zero-order chi connectivity index (χ0) is 22.2. The molecule has 11 heteroatoms. The quantitative estimate of drug-likeness (QED) is 0.589. The van der Waals surface area contributed by atoms with Crippen molar-refractivity contribution in [3.8, 4) is 0 Å². The molecule has 0 saturated heterocycles. The lowest BCUT2D eigenvalue weighted by Gasteiger charge is -2.13. The van der Waals surface area contributed by atoms with Gasteiger partial charge in [0.15, 0.2) is 16.4 Å². The van der Waals surface area contributed by atoms with Gasteiger partial charge in [0.1, 0.15) is 6.04 Å². The van der Waals surface area contributed by atoms with E-state index in [2.05, 4.69) is 4.99 Å². The third-order valence-electron chi connectivity index (χ3n) is 4.29. The van der Waals surface area contributed by atoms with E-state index >= 15 is 0 Å². The Morgan fingerprint density at radius 1 is 1.17 bits per heavy atom. The standard InChI is InChI=1S/C19H13F5N2O3S/c1-2-13(17(28)29)26-14-7-11(20)12(21)8-15(14)30-18(26)25-16(27)9-4-3-5-10(6-9)19(22,23)24/h3-8,13H,2H2,1H3,(H,28,29)/b25-18-. The van der Waals surface area contributed by atoms with E-state index in [1.54, 1.807) is 0 Å². The molecule has 1 unspecified atom stereocenters. The fraction of sp³-hybridized carbons (Fsp3) is 0.211. The van der Waals surface area contributed by atoms with Crippen LogP contribution in [0, 0.1) is 11.6 Å². The summed E-state index contributed by atoms with van der Waals surface area (Å²) in [6, 6.07) is 3.97. The van der Waals surface area contributed by atoms with Gasteiger partial charge >= 0.3 is 12.1 Å². The zero-order valence-electron chi connectivity index (χ0n) is 15.2. The lowest BCUT2D eigenvalue weighted by Crippen LogP contribution is -2.27. The Bertz CT molecular complexity index is 1210. The van der Waals surface area contributed by atoms with Crippen LogP contribution in [0.1, 0.15) is 35.3 Å². The van der Waals surface area contributed by atoms with Gasteiger partial charge in [-0.1, -0.05) is 24.3 Å². The van der Waals surface area contributed by atoms with Gasteiger partial charge in [-0.3, -0.25) is 4.79 Å². The molecule has 2 aromatic carbocycles. The Kier molecular flexibility index (Phi) is 5.75. The summed E-state index contributed by atoms with van der Waals surface area (Å²) in [5.41, 5.74) is -1.41. The summed E-state index contributed by atoms with van der Waals surface area (Å²) >= 11 is 0.724. The molecule has 5 nitrogen and oxygen atoms in total. The van der Waals surface area contributed by atoms with Crippen molar-refractivity contribution in [3.63, 3.8) is 0 Å². The van der Waals surface area contributed by atoms with Gasteiger partial charge in [0.05, 0.1) is 15.8 Å². The fourth-order valence-corrected chi connectivity index (χ4v) is 3.94. The van der Waals surface area contributed by atoms with Crippen LogP contribution >= 0.6 is 11.3 Å². The van der Waals surface area contributed by atoms with Crippen molar-refractivity contribution < 1.29 is 36.6 Å². The number of hydrogen-bond acceptors (Lipinski definition) is 3. The van der Waals surface area contributed by atoms with Gasteiger partial charge in [-0.05, 0) is 30.7 Å². The Hall–Kier alpha value is -3.08. The van der Waals surface area contributed by atoms with Crippen LogP contribution in [0.2, 0.25) is 0 Å². The van der Waals surface area contributed by atoms with E-state index in [9.17, 15) is 36.6 Å². The number of halogens is 5. The van der Waals surface area contributed by atoms with Crippen LogP contribution in [0.4, 0.5) is 22.0 Å². The molecular weight excluding hydrogens is 431 g/mol. The number of alkyl halides is 3. The first-order valence-electron chi connectivity index (χ1n) is 8.52. The van der Waals surface area contributed by atoms with E-state index in [0.29, 0.717) is 6.07 Å². The number of aliphatic carboxylic acids is 1. The van der Waals surface area contributed by atoms with E-state index in [-0.39, 0.29) is 27.0 Å². The van der Waals surface area contributed by atoms with Crippen LogP contribution in [0.15, 0.2) is 41.4 Å². The van der Waals surface area contributed by atoms with Crippen molar-refractivity contribution in [1.82, 2.24) is 4.57 Å². The van der Waals surface area contributed by atoms with Crippen LogP contribution in [0.5, 0.6) is 0 Å². The topological polar surface area (TPSA) is 71.7 Å². The van der Waals surface area contributed by atoms with Crippen LogP contribution in [-0.4, -0.2) is 21.6 Å². The molecule has 0 fully saturated rings. The molecule has 3 rings (SSSR count). The summed E-state index contributed by atoms with van der Waals surface area (Å²) in [5.74, 6) is -4.74. The van der Waals surface area contributed by atoms with E-state index in [1.807, 2.05) is 0 Å². The smallest absolute Gasteiger partial charge is 0.416 e. The summed E-state index contributed by atoms with van der Waals surface area (Å²) in [5, 5.41) is 9.49. The first-order chi connectivity index (χ1) is 14.0. The number of benzene rings is 2. The third-order valence-corrected chi connectivity index (χ3v) is 5.30. The molecule has 158 valence electrons. The summed E-state index contributed by atoms with van der Waals surface area (Å²) in [6.07, 6.45) is -4.63. The Morgan fingerprint density at radius 3 is 2.43 bits per heavy atom. The van der Waals surface area contributed by atoms with Gasteiger partial charge in [0.2, 0.25) is 0 Å². The largest absolute Gasteiger partial charge is 0.480 e. The van der Waals surface area contributed by atoms with Gasteiger partial charge in [0.25, 0.3) is 5.91 Å². The molecule has 0 saturated carbocycles. The number of amides is 1. The number of thiazole rings is 1. The van der Waals surface area contributed by atoms with Crippen molar-refractivity contribution in [2.45, 2.75) is 25.6 Å². The molecule has 0 radical (unpaired) electrons. The maximum atomic E-state index is 13.8. The van der Waals surface area contributed by atoms with Gasteiger partial charge < -0.3 is 9.67 Å². The minimum Gasteiger partial charge on any atom is -0.480 e. The maximum Gasteiger partial charge on any atom is 0.416 e. The molecular formula is C19H13F5N2O3S. The second kappa shape index (κ2) is 7.98. The molecule has 0 spiro atoms. The SMILES string of the molecule is CCC(C(=O)O)n1/c(=N/C(=O)c2cccc(C(F)(F)F)c2)sc2cc(F)c(F)cc21. The number of nitrogens with zero attached hydrogens (tertiary/aromatic N) is 2. The first kappa shape index (κ1) is 21.6. The third kappa shape index (κ3) is 4.11. The number of carboxylic acids is 1. The molecule has 0 aliphatic rings. The van der Waals surface area contributed by atoms with Gasteiger partial charge in [-0.2, -0.15) is 18.2 Å². The predicted octanol–water partition coefficient (Wildman–Crippen LogP) is 4.78. The predicted molar refractivity (Wildman–Crippen MR) is 98.0 cm³/mol. The second-order valence-corrected chi connectivity index (χ2v) is 7.26. The van der Waals surface area contributed by atoms with E-state index < -0.39 is 41.3 Å². The number of carboxylic acid groups (broad SMARTS) is 1. The Balaban J connectivity index is 2.23. The van der Waals surface area contributed by atoms with E-state index in [4.69, 9.17) is 0 Å². The van der Waals surface area contributed by atoms with Crippen LogP contribution in [-0.2, 0) is 11.0 Å². The highest BCUT2D eigenvalue weighted by atomic mass is 32.1. The number of rotatable bonds is 4.